The van der Waals surface area contributed by atoms with Crippen LogP contribution in [0.3, 0.4) is 0 Å². The Kier molecular flexibility index (Phi) is 4.34. The molecule has 19 heavy (non-hydrogen) atoms. The number of aromatic nitrogens is 2. The summed E-state index contributed by atoms with van der Waals surface area (Å²) in [6.45, 7) is 4.94. The number of aliphatic hydroxyl groups excluding tert-OH is 1. The average molecular weight is 279 g/mol. The Bertz CT molecular complexity index is 543. The van der Waals surface area contributed by atoms with Crippen LogP contribution in [-0.4, -0.2) is 26.7 Å². The minimum atomic E-state index is -0.133. The first-order valence-corrected chi connectivity index (χ1v) is 6.97. The van der Waals surface area contributed by atoms with Gasteiger partial charge in [-0.05, 0) is 13.8 Å². The minimum Gasteiger partial charge on any atom is -0.506 e. The number of aliphatic hydroxyl groups is 1. The molecule has 102 valence electrons. The van der Waals surface area contributed by atoms with Gasteiger partial charge in [0.1, 0.15) is 5.75 Å². The molecule has 5 nitrogen and oxygen atoms in total. The lowest BCUT2D eigenvalue weighted by atomic mass is 10.1. The minimum absolute atomic E-state index is 0.133. The monoisotopic (exact) mass is 279 g/mol. The van der Waals surface area contributed by atoms with E-state index in [0.29, 0.717) is 23.4 Å². The number of aryl methyl sites for hydroxylation is 1. The van der Waals surface area contributed by atoms with Crippen LogP contribution in [0.2, 0.25) is 0 Å². The van der Waals surface area contributed by atoms with Crippen LogP contribution in [0.1, 0.15) is 23.7 Å². The van der Waals surface area contributed by atoms with Crippen molar-refractivity contribution in [2.45, 2.75) is 27.0 Å². The van der Waals surface area contributed by atoms with Crippen molar-refractivity contribution >= 4 is 16.5 Å². The van der Waals surface area contributed by atoms with E-state index in [2.05, 4.69) is 14.9 Å². The lowest BCUT2D eigenvalue weighted by Crippen LogP contribution is -2.23. The fourth-order valence-electron chi connectivity index (χ4n) is 1.87. The SMILES string of the molecule is CCN(Cc1c(CO)cnc(C)c1O)c1nccs1. The first-order valence-electron chi connectivity index (χ1n) is 6.09. The van der Waals surface area contributed by atoms with Crippen LogP contribution in [0.5, 0.6) is 5.75 Å². The zero-order valence-electron chi connectivity index (χ0n) is 11.0. The van der Waals surface area contributed by atoms with Gasteiger partial charge in [0.25, 0.3) is 0 Å². The van der Waals surface area contributed by atoms with Gasteiger partial charge in [0, 0.05) is 42.0 Å². The van der Waals surface area contributed by atoms with Crippen molar-refractivity contribution in [1.29, 1.82) is 0 Å². The average Bonchev–Trinajstić information content (AvgIpc) is 2.94. The first kappa shape index (κ1) is 13.8. The topological polar surface area (TPSA) is 69.5 Å². The van der Waals surface area contributed by atoms with E-state index in [1.807, 2.05) is 12.3 Å². The summed E-state index contributed by atoms with van der Waals surface area (Å²) in [6, 6.07) is 0. The van der Waals surface area contributed by atoms with Crippen LogP contribution >= 0.6 is 11.3 Å². The Morgan fingerprint density at radius 1 is 1.37 bits per heavy atom. The van der Waals surface area contributed by atoms with Gasteiger partial charge in [-0.1, -0.05) is 0 Å². The fraction of sp³-hybridized carbons (Fsp3) is 0.385. The third kappa shape index (κ3) is 2.85. The summed E-state index contributed by atoms with van der Waals surface area (Å²) in [7, 11) is 0. The molecule has 0 saturated carbocycles. The van der Waals surface area contributed by atoms with Gasteiger partial charge in [-0.15, -0.1) is 11.3 Å². The van der Waals surface area contributed by atoms with E-state index in [4.69, 9.17) is 0 Å². The van der Waals surface area contributed by atoms with Crippen LogP contribution in [-0.2, 0) is 13.2 Å². The van der Waals surface area contributed by atoms with E-state index in [0.717, 1.165) is 11.7 Å². The molecule has 0 aliphatic rings. The number of hydrogen-bond donors (Lipinski definition) is 2. The molecule has 0 amide bonds. The maximum atomic E-state index is 10.1. The van der Waals surface area contributed by atoms with E-state index in [9.17, 15) is 10.2 Å². The Hall–Kier alpha value is -1.66. The van der Waals surface area contributed by atoms with Crippen molar-refractivity contribution in [2.24, 2.45) is 0 Å². The summed E-state index contributed by atoms with van der Waals surface area (Å²) in [6.07, 6.45) is 3.37. The van der Waals surface area contributed by atoms with Crippen molar-refractivity contribution in [3.63, 3.8) is 0 Å². The summed E-state index contributed by atoms with van der Waals surface area (Å²) >= 11 is 1.55. The number of nitrogens with zero attached hydrogens (tertiary/aromatic N) is 3. The molecular formula is C13H17N3O2S. The molecule has 2 aromatic heterocycles. The molecule has 0 fully saturated rings. The molecule has 2 aromatic rings. The fourth-order valence-corrected chi connectivity index (χ4v) is 2.58. The molecule has 0 atom stereocenters. The van der Waals surface area contributed by atoms with E-state index in [1.54, 1.807) is 30.7 Å². The Morgan fingerprint density at radius 2 is 2.16 bits per heavy atom. The predicted octanol–water partition coefficient (Wildman–Crippen LogP) is 2.07. The van der Waals surface area contributed by atoms with Gasteiger partial charge in [0.05, 0.1) is 12.3 Å². The van der Waals surface area contributed by atoms with Crippen molar-refractivity contribution < 1.29 is 10.2 Å². The maximum absolute atomic E-state index is 10.1. The molecule has 0 aromatic carbocycles. The van der Waals surface area contributed by atoms with Gasteiger partial charge < -0.3 is 15.1 Å². The van der Waals surface area contributed by atoms with E-state index in [-0.39, 0.29) is 12.4 Å². The second-order valence-electron chi connectivity index (χ2n) is 4.18. The normalized spacial score (nSPS) is 10.7. The Labute approximate surface area is 116 Å². The van der Waals surface area contributed by atoms with Crippen LogP contribution in [0, 0.1) is 6.92 Å². The summed E-state index contributed by atoms with van der Waals surface area (Å²) in [4.78, 5) is 10.4. The lowest BCUT2D eigenvalue weighted by Gasteiger charge is -2.22. The zero-order valence-corrected chi connectivity index (χ0v) is 11.8. The van der Waals surface area contributed by atoms with Crippen molar-refractivity contribution in [3.8, 4) is 5.75 Å². The van der Waals surface area contributed by atoms with Gasteiger partial charge in [-0.3, -0.25) is 4.98 Å². The zero-order chi connectivity index (χ0) is 13.8. The lowest BCUT2D eigenvalue weighted by molar-refractivity contribution is 0.279. The number of thiazole rings is 1. The highest BCUT2D eigenvalue weighted by Crippen LogP contribution is 2.28. The number of anilines is 1. The number of hydrogen-bond acceptors (Lipinski definition) is 6. The predicted molar refractivity (Wildman–Crippen MR) is 75.4 cm³/mol. The molecular weight excluding hydrogens is 262 g/mol. The standard InChI is InChI=1S/C13H17N3O2S/c1-3-16(13-14-4-5-19-13)7-11-10(8-17)6-15-9(2)12(11)18/h4-6,17-18H,3,7-8H2,1-2H3. The molecule has 0 unspecified atom stereocenters. The van der Waals surface area contributed by atoms with E-state index in [1.165, 1.54) is 0 Å². The van der Waals surface area contributed by atoms with Gasteiger partial charge in [0.15, 0.2) is 5.13 Å². The van der Waals surface area contributed by atoms with Gasteiger partial charge in [-0.25, -0.2) is 4.98 Å². The molecule has 0 aliphatic carbocycles. The van der Waals surface area contributed by atoms with Crippen LogP contribution in [0.25, 0.3) is 0 Å². The van der Waals surface area contributed by atoms with Crippen molar-refractivity contribution in [3.05, 3.63) is 34.6 Å². The summed E-state index contributed by atoms with van der Waals surface area (Å²) in [5, 5.41) is 22.3. The second-order valence-corrected chi connectivity index (χ2v) is 5.06. The third-order valence-corrected chi connectivity index (χ3v) is 3.85. The van der Waals surface area contributed by atoms with Gasteiger partial charge >= 0.3 is 0 Å². The molecule has 2 heterocycles. The van der Waals surface area contributed by atoms with Crippen LogP contribution in [0.4, 0.5) is 5.13 Å². The molecule has 0 radical (unpaired) electrons. The van der Waals surface area contributed by atoms with E-state index >= 15 is 0 Å². The Morgan fingerprint density at radius 3 is 2.74 bits per heavy atom. The highest BCUT2D eigenvalue weighted by molar-refractivity contribution is 7.13. The number of pyridine rings is 1. The van der Waals surface area contributed by atoms with Gasteiger partial charge in [0.2, 0.25) is 0 Å². The second kappa shape index (κ2) is 5.99. The summed E-state index contributed by atoms with van der Waals surface area (Å²) < 4.78 is 0. The smallest absolute Gasteiger partial charge is 0.185 e. The molecule has 2 N–H and O–H groups in total. The highest BCUT2D eigenvalue weighted by Gasteiger charge is 2.16. The van der Waals surface area contributed by atoms with Crippen LogP contribution < -0.4 is 4.90 Å². The Balaban J connectivity index is 2.34. The maximum Gasteiger partial charge on any atom is 0.185 e. The summed E-state index contributed by atoms with van der Waals surface area (Å²) in [5.74, 6) is 0.154. The first-order chi connectivity index (χ1) is 9.17. The number of rotatable bonds is 5. The largest absolute Gasteiger partial charge is 0.506 e. The molecule has 2 rings (SSSR count). The van der Waals surface area contributed by atoms with Crippen molar-refractivity contribution in [1.82, 2.24) is 9.97 Å². The van der Waals surface area contributed by atoms with Crippen LogP contribution in [0.15, 0.2) is 17.8 Å². The molecule has 6 heteroatoms. The quantitative estimate of drug-likeness (QED) is 0.877. The third-order valence-electron chi connectivity index (χ3n) is 3.02. The molecule has 0 bridgehead atoms. The number of aromatic hydroxyl groups is 1. The van der Waals surface area contributed by atoms with E-state index < -0.39 is 0 Å². The molecule has 0 saturated heterocycles. The molecule has 0 spiro atoms. The summed E-state index contributed by atoms with van der Waals surface area (Å²) in [5.41, 5.74) is 1.94. The highest BCUT2D eigenvalue weighted by atomic mass is 32.1. The molecule has 0 aliphatic heterocycles. The van der Waals surface area contributed by atoms with Crippen molar-refractivity contribution in [2.75, 3.05) is 11.4 Å². The van der Waals surface area contributed by atoms with Gasteiger partial charge in [-0.2, -0.15) is 0 Å².